The molecule has 0 aliphatic rings. The number of carbonyl (C=O) groups excluding carboxylic acids is 1. The Kier molecular flexibility index (Phi) is 8.29. The largest absolute Gasteiger partial charge is 0.494 e. The average molecular weight is 453 g/mol. The number of nitrogens with zero attached hydrogens (tertiary/aromatic N) is 2. The van der Waals surface area contributed by atoms with Crippen molar-refractivity contribution in [3.05, 3.63) is 54.1 Å². The van der Waals surface area contributed by atoms with Crippen LogP contribution in [0, 0.1) is 0 Å². The Balaban J connectivity index is 1.52. The number of aromatic nitrogens is 2. The number of carbonyl (C=O) groups is 1. The highest BCUT2D eigenvalue weighted by Crippen LogP contribution is 2.38. The Bertz CT molecular complexity index is 1030. The van der Waals surface area contributed by atoms with Gasteiger partial charge in [0.1, 0.15) is 12.4 Å². The van der Waals surface area contributed by atoms with Gasteiger partial charge in [-0.3, -0.25) is 4.79 Å². The Morgan fingerprint density at radius 3 is 2.12 bits per heavy atom. The van der Waals surface area contributed by atoms with Gasteiger partial charge in [-0.15, -0.1) is 10.2 Å². The average Bonchev–Trinajstić information content (AvgIpc) is 2.86. The summed E-state index contributed by atoms with van der Waals surface area (Å²) in [5.74, 6) is 2.11. The van der Waals surface area contributed by atoms with Crippen LogP contribution in [0.5, 0.6) is 28.9 Å². The molecular weight excluding hydrogens is 426 g/mol. The topological polar surface area (TPSA) is 101 Å². The number of hydrogen-bond acceptors (Lipinski definition) is 8. The maximum Gasteiger partial charge on any atom is 0.251 e. The van der Waals surface area contributed by atoms with Crippen molar-refractivity contribution in [2.75, 3.05) is 41.1 Å². The van der Waals surface area contributed by atoms with E-state index in [1.54, 1.807) is 18.2 Å². The fourth-order valence-corrected chi connectivity index (χ4v) is 3.07. The second-order valence-corrected chi connectivity index (χ2v) is 6.73. The van der Waals surface area contributed by atoms with Crippen molar-refractivity contribution in [1.82, 2.24) is 15.5 Å². The van der Waals surface area contributed by atoms with Gasteiger partial charge in [0.15, 0.2) is 11.5 Å². The zero-order valence-electron chi connectivity index (χ0n) is 19.1. The molecule has 9 heteroatoms. The molecule has 9 nitrogen and oxygen atoms in total. The van der Waals surface area contributed by atoms with Crippen molar-refractivity contribution in [1.29, 1.82) is 0 Å². The first-order chi connectivity index (χ1) is 16.1. The van der Waals surface area contributed by atoms with Gasteiger partial charge in [0.05, 0.1) is 40.2 Å². The second kappa shape index (κ2) is 11.6. The lowest BCUT2D eigenvalue weighted by Crippen LogP contribution is -2.28. The highest BCUT2D eigenvalue weighted by atomic mass is 16.5. The third-order valence-corrected chi connectivity index (χ3v) is 4.67. The molecule has 2 aromatic carbocycles. The molecule has 0 fully saturated rings. The lowest BCUT2D eigenvalue weighted by atomic mass is 10.1. The van der Waals surface area contributed by atoms with Crippen LogP contribution in [-0.4, -0.2) is 57.2 Å². The summed E-state index contributed by atoms with van der Waals surface area (Å²) in [5, 5.41) is 11.1. The number of rotatable bonds is 11. The molecule has 0 radical (unpaired) electrons. The number of amides is 1. The first-order valence-corrected chi connectivity index (χ1v) is 10.4. The minimum atomic E-state index is -0.296. The summed E-state index contributed by atoms with van der Waals surface area (Å²) >= 11 is 0. The third-order valence-electron chi connectivity index (χ3n) is 4.67. The van der Waals surface area contributed by atoms with Crippen LogP contribution in [0.25, 0.3) is 11.3 Å². The minimum Gasteiger partial charge on any atom is -0.494 e. The molecule has 0 aliphatic heterocycles. The SMILES string of the molecule is CCOc1ccc(-c2ccc(OCCNC(=O)c3cc(OC)c(OC)c(OC)c3)nn2)cc1. The maximum absolute atomic E-state index is 12.5. The van der Waals surface area contributed by atoms with Gasteiger partial charge in [-0.2, -0.15) is 0 Å². The quantitative estimate of drug-likeness (QED) is 0.441. The number of benzene rings is 2. The normalized spacial score (nSPS) is 10.3. The predicted octanol–water partition coefficient (Wildman–Crippen LogP) is 3.38. The fraction of sp³-hybridized carbons (Fsp3) is 0.292. The van der Waals surface area contributed by atoms with Crippen LogP contribution in [0.4, 0.5) is 0 Å². The van der Waals surface area contributed by atoms with E-state index in [4.69, 9.17) is 23.7 Å². The van der Waals surface area contributed by atoms with Gasteiger partial charge >= 0.3 is 0 Å². The number of ether oxygens (including phenoxy) is 5. The Labute approximate surface area is 192 Å². The molecule has 0 bridgehead atoms. The van der Waals surface area contributed by atoms with Crippen LogP contribution < -0.4 is 29.0 Å². The van der Waals surface area contributed by atoms with E-state index in [-0.39, 0.29) is 19.1 Å². The van der Waals surface area contributed by atoms with Crippen molar-refractivity contribution in [3.8, 4) is 40.1 Å². The molecule has 0 spiro atoms. The van der Waals surface area contributed by atoms with Crippen molar-refractivity contribution in [2.45, 2.75) is 6.92 Å². The molecular formula is C24H27N3O6. The highest BCUT2D eigenvalue weighted by Gasteiger charge is 2.16. The maximum atomic E-state index is 12.5. The van der Waals surface area contributed by atoms with Gasteiger partial charge in [0, 0.05) is 17.2 Å². The lowest BCUT2D eigenvalue weighted by molar-refractivity contribution is 0.0945. The smallest absolute Gasteiger partial charge is 0.251 e. The zero-order valence-corrected chi connectivity index (χ0v) is 19.1. The van der Waals surface area contributed by atoms with Crippen molar-refractivity contribution in [3.63, 3.8) is 0 Å². The van der Waals surface area contributed by atoms with Gasteiger partial charge in [-0.1, -0.05) is 0 Å². The number of hydrogen-bond donors (Lipinski definition) is 1. The van der Waals surface area contributed by atoms with Gasteiger partial charge in [-0.05, 0) is 49.4 Å². The molecule has 0 unspecified atom stereocenters. The Morgan fingerprint density at radius 1 is 0.879 bits per heavy atom. The third kappa shape index (κ3) is 6.03. The first-order valence-electron chi connectivity index (χ1n) is 10.4. The van der Waals surface area contributed by atoms with E-state index >= 15 is 0 Å². The zero-order chi connectivity index (χ0) is 23.6. The molecule has 1 aromatic heterocycles. The molecule has 33 heavy (non-hydrogen) atoms. The molecule has 1 N–H and O–H groups in total. The molecule has 174 valence electrons. The van der Waals surface area contributed by atoms with E-state index in [0.717, 1.165) is 17.0 Å². The van der Waals surface area contributed by atoms with Crippen LogP contribution in [0.1, 0.15) is 17.3 Å². The van der Waals surface area contributed by atoms with E-state index in [2.05, 4.69) is 15.5 Å². The van der Waals surface area contributed by atoms with E-state index < -0.39 is 0 Å². The predicted molar refractivity (Wildman–Crippen MR) is 123 cm³/mol. The molecule has 3 aromatic rings. The monoisotopic (exact) mass is 453 g/mol. The summed E-state index contributed by atoms with van der Waals surface area (Å²) in [6, 6.07) is 14.4. The highest BCUT2D eigenvalue weighted by molar-refractivity contribution is 5.95. The summed E-state index contributed by atoms with van der Waals surface area (Å²) in [5.41, 5.74) is 2.03. The standard InChI is InChI=1S/C24H27N3O6/c1-5-32-18-8-6-16(7-9-18)19-10-11-22(27-26-19)33-13-12-25-24(28)17-14-20(29-2)23(31-4)21(15-17)30-3/h6-11,14-15H,5,12-13H2,1-4H3,(H,25,28). The lowest BCUT2D eigenvalue weighted by Gasteiger charge is -2.14. The van der Waals surface area contributed by atoms with Gasteiger partial charge in [0.2, 0.25) is 11.6 Å². The van der Waals surface area contributed by atoms with Crippen LogP contribution in [0.15, 0.2) is 48.5 Å². The van der Waals surface area contributed by atoms with E-state index in [1.807, 2.05) is 37.3 Å². The van der Waals surface area contributed by atoms with Gasteiger partial charge in [-0.25, -0.2) is 0 Å². The van der Waals surface area contributed by atoms with Crippen LogP contribution in [0.2, 0.25) is 0 Å². The summed E-state index contributed by atoms with van der Waals surface area (Å²) < 4.78 is 26.9. The second-order valence-electron chi connectivity index (χ2n) is 6.73. The molecule has 0 atom stereocenters. The summed E-state index contributed by atoms with van der Waals surface area (Å²) in [6.45, 7) is 3.07. The Hall–Kier alpha value is -4.01. The van der Waals surface area contributed by atoms with Gasteiger partial charge in [0.25, 0.3) is 5.91 Å². The number of nitrogens with one attached hydrogen (secondary N) is 1. The minimum absolute atomic E-state index is 0.229. The van der Waals surface area contributed by atoms with Crippen molar-refractivity contribution < 1.29 is 28.5 Å². The summed E-state index contributed by atoms with van der Waals surface area (Å²) in [4.78, 5) is 12.5. The van der Waals surface area contributed by atoms with Crippen molar-refractivity contribution in [2.24, 2.45) is 0 Å². The molecule has 0 saturated carbocycles. The van der Waals surface area contributed by atoms with E-state index in [1.165, 1.54) is 21.3 Å². The van der Waals surface area contributed by atoms with E-state index in [9.17, 15) is 4.79 Å². The fourth-order valence-electron chi connectivity index (χ4n) is 3.07. The Morgan fingerprint density at radius 2 is 1.58 bits per heavy atom. The first kappa shape index (κ1) is 23.6. The molecule has 0 aliphatic carbocycles. The van der Waals surface area contributed by atoms with E-state index in [0.29, 0.717) is 35.3 Å². The number of methoxy groups -OCH3 is 3. The van der Waals surface area contributed by atoms with Crippen molar-refractivity contribution >= 4 is 5.91 Å². The molecule has 0 saturated heterocycles. The van der Waals surface area contributed by atoms with Crippen LogP contribution in [-0.2, 0) is 0 Å². The van der Waals surface area contributed by atoms with Crippen LogP contribution >= 0.6 is 0 Å². The summed E-state index contributed by atoms with van der Waals surface area (Å²) in [6.07, 6.45) is 0. The molecule has 1 heterocycles. The molecule has 3 rings (SSSR count). The summed E-state index contributed by atoms with van der Waals surface area (Å²) in [7, 11) is 4.50. The van der Waals surface area contributed by atoms with Crippen LogP contribution in [0.3, 0.4) is 0 Å². The molecule has 1 amide bonds. The van der Waals surface area contributed by atoms with Gasteiger partial charge < -0.3 is 29.0 Å².